The van der Waals surface area contributed by atoms with Crippen LogP contribution in [0, 0.1) is 17.8 Å². The van der Waals surface area contributed by atoms with Gasteiger partial charge in [-0.25, -0.2) is 13.2 Å². The van der Waals surface area contributed by atoms with Crippen molar-refractivity contribution in [3.05, 3.63) is 83.9 Å². The lowest BCUT2D eigenvalue weighted by atomic mass is 10.0. The number of ether oxygens (including phenoxy) is 2. The number of rotatable bonds is 6. The van der Waals surface area contributed by atoms with Crippen molar-refractivity contribution >= 4 is 21.7 Å². The summed E-state index contributed by atoms with van der Waals surface area (Å²) in [7, 11) is -0.787. The van der Waals surface area contributed by atoms with Crippen molar-refractivity contribution in [3.8, 4) is 23.3 Å². The van der Waals surface area contributed by atoms with Gasteiger partial charge in [0.15, 0.2) is 0 Å². The quantitative estimate of drug-likeness (QED) is 0.429. The molecule has 0 aromatic heterocycles. The molecule has 0 radical (unpaired) electrons. The Kier molecular flexibility index (Phi) is 9.55. The SMILES string of the molecule is COc1cccc(NC(=O)N(C)C[C@H]2Oc3cc(C#Cc4ccccc4)ccc3S(=O)(=O)N([C@@H](C)CO)C[C@@H]2C)c1. The fourth-order valence-corrected chi connectivity index (χ4v) is 6.29. The first-order chi connectivity index (χ1) is 19.6. The Balaban J connectivity index is 1.65. The van der Waals surface area contributed by atoms with E-state index in [2.05, 4.69) is 17.2 Å². The zero-order chi connectivity index (χ0) is 29.6. The Bertz CT molecular complexity index is 1530. The summed E-state index contributed by atoms with van der Waals surface area (Å²) >= 11 is 0. The third-order valence-corrected chi connectivity index (χ3v) is 8.93. The Hall–Kier alpha value is -4.04. The predicted octanol–water partition coefficient (Wildman–Crippen LogP) is 4.03. The van der Waals surface area contributed by atoms with E-state index < -0.39 is 22.2 Å². The van der Waals surface area contributed by atoms with Gasteiger partial charge in [0, 0.05) is 48.4 Å². The van der Waals surface area contributed by atoms with Crippen LogP contribution in [-0.2, 0) is 10.0 Å². The van der Waals surface area contributed by atoms with Crippen molar-refractivity contribution in [2.75, 3.05) is 39.2 Å². The lowest BCUT2D eigenvalue weighted by Gasteiger charge is -2.37. The van der Waals surface area contributed by atoms with E-state index in [1.54, 1.807) is 57.5 Å². The van der Waals surface area contributed by atoms with Gasteiger partial charge < -0.3 is 24.8 Å². The molecule has 0 spiro atoms. The van der Waals surface area contributed by atoms with E-state index in [1.807, 2.05) is 37.3 Å². The average molecular weight is 578 g/mol. The molecule has 2 N–H and O–H groups in total. The molecule has 1 heterocycles. The maximum atomic E-state index is 13.7. The van der Waals surface area contributed by atoms with Crippen LogP contribution >= 0.6 is 0 Å². The monoisotopic (exact) mass is 577 g/mol. The van der Waals surface area contributed by atoms with Crippen LogP contribution in [0.1, 0.15) is 25.0 Å². The fraction of sp³-hybridized carbons (Fsp3) is 0.323. The number of fused-ring (bicyclic) bond motifs is 1. The van der Waals surface area contributed by atoms with Gasteiger partial charge in [0.1, 0.15) is 22.5 Å². The number of aliphatic hydroxyl groups excluding tert-OH is 1. The van der Waals surface area contributed by atoms with Gasteiger partial charge in [0.2, 0.25) is 10.0 Å². The van der Waals surface area contributed by atoms with Gasteiger partial charge in [-0.2, -0.15) is 4.31 Å². The van der Waals surface area contributed by atoms with Gasteiger partial charge >= 0.3 is 6.03 Å². The van der Waals surface area contributed by atoms with Crippen molar-refractivity contribution in [3.63, 3.8) is 0 Å². The molecule has 216 valence electrons. The number of urea groups is 1. The molecule has 3 aromatic carbocycles. The van der Waals surface area contributed by atoms with Crippen LogP contribution in [-0.4, -0.2) is 74.8 Å². The molecule has 41 heavy (non-hydrogen) atoms. The number of hydrogen-bond acceptors (Lipinski definition) is 6. The van der Waals surface area contributed by atoms with Crippen LogP contribution in [0.4, 0.5) is 10.5 Å². The maximum absolute atomic E-state index is 13.7. The molecule has 0 saturated carbocycles. The van der Waals surface area contributed by atoms with E-state index >= 15 is 0 Å². The van der Waals surface area contributed by atoms with Crippen LogP contribution in [0.2, 0.25) is 0 Å². The summed E-state index contributed by atoms with van der Waals surface area (Å²) in [5.41, 5.74) is 1.99. The molecule has 0 fully saturated rings. The van der Waals surface area contributed by atoms with Gasteiger partial charge in [-0.05, 0) is 49.4 Å². The highest BCUT2D eigenvalue weighted by molar-refractivity contribution is 7.89. The van der Waals surface area contributed by atoms with Gasteiger partial charge in [-0.15, -0.1) is 0 Å². The smallest absolute Gasteiger partial charge is 0.321 e. The molecule has 3 aromatic rings. The maximum Gasteiger partial charge on any atom is 0.321 e. The largest absolute Gasteiger partial charge is 0.497 e. The third kappa shape index (κ3) is 7.19. The minimum Gasteiger partial charge on any atom is -0.497 e. The summed E-state index contributed by atoms with van der Waals surface area (Å²) in [6.07, 6.45) is -0.559. The number of carbonyl (C=O) groups is 1. The summed E-state index contributed by atoms with van der Waals surface area (Å²) in [5.74, 6) is 6.61. The molecule has 0 aliphatic carbocycles. The lowest BCUT2D eigenvalue weighted by Crippen LogP contribution is -2.50. The first-order valence-corrected chi connectivity index (χ1v) is 14.7. The van der Waals surface area contributed by atoms with E-state index in [0.29, 0.717) is 17.0 Å². The van der Waals surface area contributed by atoms with Crippen molar-refractivity contribution in [1.82, 2.24) is 9.21 Å². The van der Waals surface area contributed by atoms with E-state index in [-0.39, 0.29) is 42.3 Å². The normalized spacial score (nSPS) is 18.8. The summed E-state index contributed by atoms with van der Waals surface area (Å²) in [6, 6.07) is 20.3. The zero-order valence-corrected chi connectivity index (χ0v) is 24.4. The lowest BCUT2D eigenvalue weighted by molar-refractivity contribution is 0.0830. The van der Waals surface area contributed by atoms with Crippen molar-refractivity contribution in [2.45, 2.75) is 30.9 Å². The number of hydrogen-bond donors (Lipinski definition) is 2. The van der Waals surface area contributed by atoms with Gasteiger partial charge in [0.05, 0.1) is 20.3 Å². The van der Waals surface area contributed by atoms with Crippen LogP contribution in [0.15, 0.2) is 77.7 Å². The summed E-state index contributed by atoms with van der Waals surface area (Å²) in [4.78, 5) is 14.5. The number of carbonyl (C=O) groups excluding carboxylic acids is 1. The number of nitrogens with zero attached hydrogens (tertiary/aromatic N) is 2. The standard InChI is InChI=1S/C31H35N3O6S/c1-22-19-34(23(2)21-35)41(37,38)30-16-15-25(14-13-24-9-6-5-7-10-24)17-28(30)40-29(22)20-33(3)31(36)32-26-11-8-12-27(18-26)39-4/h5-12,15-18,22-23,29,35H,19-21H2,1-4H3,(H,32,36)/t22-,23-,29+/m0/s1. The summed E-state index contributed by atoms with van der Waals surface area (Å²) in [6.45, 7) is 3.48. The molecule has 2 amide bonds. The summed E-state index contributed by atoms with van der Waals surface area (Å²) in [5, 5.41) is 12.7. The van der Waals surface area contributed by atoms with Crippen LogP contribution < -0.4 is 14.8 Å². The Morgan fingerprint density at radius 3 is 2.56 bits per heavy atom. The second-order valence-electron chi connectivity index (χ2n) is 10.1. The molecular formula is C31H35N3O6S. The number of sulfonamides is 1. The molecule has 10 heteroatoms. The minimum atomic E-state index is -3.99. The molecule has 0 unspecified atom stereocenters. The summed E-state index contributed by atoms with van der Waals surface area (Å²) < 4.78 is 40.3. The average Bonchev–Trinajstić information content (AvgIpc) is 2.97. The highest BCUT2D eigenvalue weighted by Gasteiger charge is 2.38. The molecular weight excluding hydrogens is 542 g/mol. The van der Waals surface area contributed by atoms with E-state index in [1.165, 1.54) is 15.3 Å². The number of methoxy groups -OCH3 is 1. The number of aliphatic hydroxyl groups is 1. The molecule has 0 bridgehead atoms. The van der Waals surface area contributed by atoms with Crippen molar-refractivity contribution in [2.24, 2.45) is 5.92 Å². The Morgan fingerprint density at radius 1 is 1.12 bits per heavy atom. The Morgan fingerprint density at radius 2 is 1.85 bits per heavy atom. The molecule has 1 aliphatic rings. The van der Waals surface area contributed by atoms with Gasteiger partial charge in [-0.3, -0.25) is 0 Å². The van der Waals surface area contributed by atoms with Gasteiger partial charge in [-0.1, -0.05) is 43.0 Å². The number of nitrogens with one attached hydrogen (secondary N) is 1. The fourth-order valence-electron chi connectivity index (χ4n) is 4.46. The topological polar surface area (TPSA) is 108 Å². The Labute approximate surface area is 241 Å². The highest BCUT2D eigenvalue weighted by atomic mass is 32.2. The molecule has 9 nitrogen and oxygen atoms in total. The van der Waals surface area contributed by atoms with Gasteiger partial charge in [0.25, 0.3) is 0 Å². The number of anilines is 1. The molecule has 4 rings (SSSR count). The first-order valence-electron chi connectivity index (χ1n) is 13.3. The molecule has 1 aliphatic heterocycles. The number of benzene rings is 3. The van der Waals surface area contributed by atoms with E-state index in [9.17, 15) is 18.3 Å². The van der Waals surface area contributed by atoms with Crippen molar-refractivity contribution in [1.29, 1.82) is 0 Å². The first kappa shape index (κ1) is 29.9. The number of likely N-dealkylation sites (N-methyl/N-ethyl adjacent to an activating group) is 1. The second kappa shape index (κ2) is 13.1. The minimum absolute atomic E-state index is 0.0107. The molecule has 3 atom stereocenters. The van der Waals surface area contributed by atoms with Crippen LogP contribution in [0.25, 0.3) is 0 Å². The third-order valence-electron chi connectivity index (χ3n) is 6.91. The zero-order valence-electron chi connectivity index (χ0n) is 23.6. The molecule has 0 saturated heterocycles. The van der Waals surface area contributed by atoms with Crippen molar-refractivity contribution < 1.29 is 27.8 Å². The number of amides is 2. The van der Waals surface area contributed by atoms with Crippen LogP contribution in [0.3, 0.4) is 0 Å². The van der Waals surface area contributed by atoms with E-state index in [0.717, 1.165) is 5.56 Å². The predicted molar refractivity (Wildman–Crippen MR) is 158 cm³/mol. The second-order valence-corrected chi connectivity index (χ2v) is 11.9. The van der Waals surface area contributed by atoms with E-state index in [4.69, 9.17) is 9.47 Å². The van der Waals surface area contributed by atoms with Crippen LogP contribution in [0.5, 0.6) is 11.5 Å². The highest BCUT2D eigenvalue weighted by Crippen LogP contribution is 2.34.